The van der Waals surface area contributed by atoms with Gasteiger partial charge < -0.3 is 5.43 Å². The van der Waals surface area contributed by atoms with E-state index in [1.165, 1.54) is 5.57 Å². The Bertz CT molecular complexity index is 408. The first-order valence-electron chi connectivity index (χ1n) is 4.93. The molecule has 1 atom stereocenters. The van der Waals surface area contributed by atoms with Gasteiger partial charge in [-0.05, 0) is 11.1 Å². The Balaban J connectivity index is 2.41. The summed E-state index contributed by atoms with van der Waals surface area (Å²) < 4.78 is 0. The second-order valence-corrected chi connectivity index (χ2v) is 3.38. The van der Waals surface area contributed by atoms with Crippen molar-refractivity contribution >= 4 is 0 Å². The van der Waals surface area contributed by atoms with Crippen LogP contribution in [0.3, 0.4) is 0 Å². The van der Waals surface area contributed by atoms with Crippen molar-refractivity contribution in [1.82, 2.24) is 10.9 Å². The van der Waals surface area contributed by atoms with Gasteiger partial charge in [0.15, 0.2) is 0 Å². The summed E-state index contributed by atoms with van der Waals surface area (Å²) in [7, 11) is 0. The van der Waals surface area contributed by atoms with Crippen molar-refractivity contribution in [1.29, 1.82) is 0 Å². The minimum absolute atomic E-state index is 0.262. The highest BCUT2D eigenvalue weighted by Crippen LogP contribution is 2.24. The SMILES string of the molecule is C=C/C=C(\C=C)C1=C2C=CC=CC2NN1. The molecule has 76 valence electrons. The number of hydrazine groups is 1. The molecule has 1 aliphatic carbocycles. The second kappa shape index (κ2) is 4.15. The Morgan fingerprint density at radius 3 is 2.93 bits per heavy atom. The first-order chi connectivity index (χ1) is 7.36. The second-order valence-electron chi connectivity index (χ2n) is 3.38. The van der Waals surface area contributed by atoms with Gasteiger partial charge in [0.25, 0.3) is 0 Å². The molecule has 2 nitrogen and oxygen atoms in total. The predicted octanol–water partition coefficient (Wildman–Crippen LogP) is 2.14. The molecule has 0 aromatic heterocycles. The van der Waals surface area contributed by atoms with E-state index in [1.807, 2.05) is 24.3 Å². The van der Waals surface area contributed by atoms with E-state index in [4.69, 9.17) is 0 Å². The van der Waals surface area contributed by atoms with Crippen LogP contribution in [0.5, 0.6) is 0 Å². The van der Waals surface area contributed by atoms with Crippen molar-refractivity contribution in [3.8, 4) is 0 Å². The third kappa shape index (κ3) is 1.72. The van der Waals surface area contributed by atoms with Gasteiger partial charge in [0.1, 0.15) is 0 Å². The lowest BCUT2D eigenvalue weighted by atomic mass is 9.98. The smallest absolute Gasteiger partial charge is 0.0714 e. The quantitative estimate of drug-likeness (QED) is 0.679. The Morgan fingerprint density at radius 1 is 1.33 bits per heavy atom. The number of fused-ring (bicyclic) bond motifs is 1. The molecule has 1 aliphatic heterocycles. The van der Waals surface area contributed by atoms with E-state index in [0.29, 0.717) is 0 Å². The van der Waals surface area contributed by atoms with Crippen LogP contribution in [0.1, 0.15) is 0 Å². The molecule has 15 heavy (non-hydrogen) atoms. The topological polar surface area (TPSA) is 24.1 Å². The lowest BCUT2D eigenvalue weighted by Gasteiger charge is -2.08. The molecule has 2 aliphatic rings. The molecule has 0 aromatic carbocycles. The van der Waals surface area contributed by atoms with Gasteiger partial charge in [0, 0.05) is 0 Å². The largest absolute Gasteiger partial charge is 0.320 e. The maximum absolute atomic E-state index is 3.80. The molecule has 0 fully saturated rings. The van der Waals surface area contributed by atoms with Gasteiger partial charge in [-0.15, -0.1) is 0 Å². The molecule has 2 N–H and O–H groups in total. The van der Waals surface area contributed by atoms with E-state index in [2.05, 4.69) is 36.2 Å². The maximum atomic E-state index is 3.80. The molecule has 1 unspecified atom stereocenters. The van der Waals surface area contributed by atoms with Crippen LogP contribution in [0.2, 0.25) is 0 Å². The average molecular weight is 198 g/mol. The van der Waals surface area contributed by atoms with E-state index in [9.17, 15) is 0 Å². The Morgan fingerprint density at radius 2 is 2.20 bits per heavy atom. The van der Waals surface area contributed by atoms with Crippen LogP contribution in [0, 0.1) is 0 Å². The Kier molecular flexibility index (Phi) is 2.70. The lowest BCUT2D eigenvalue weighted by molar-refractivity contribution is 0.638. The molecule has 2 rings (SSSR count). The van der Waals surface area contributed by atoms with Gasteiger partial charge in [-0.25, -0.2) is 5.43 Å². The highest BCUT2D eigenvalue weighted by Gasteiger charge is 2.22. The van der Waals surface area contributed by atoms with Crippen LogP contribution < -0.4 is 10.9 Å². The zero-order valence-electron chi connectivity index (χ0n) is 8.53. The zero-order chi connectivity index (χ0) is 10.7. The van der Waals surface area contributed by atoms with Crippen LogP contribution >= 0.6 is 0 Å². The number of rotatable bonds is 3. The molecule has 1 heterocycles. The fraction of sp³-hybridized carbons (Fsp3) is 0.0769. The van der Waals surface area contributed by atoms with Gasteiger partial charge in [-0.2, -0.15) is 0 Å². The number of hydrogen-bond acceptors (Lipinski definition) is 2. The molecule has 0 saturated heterocycles. The van der Waals surface area contributed by atoms with E-state index < -0.39 is 0 Å². The first-order valence-corrected chi connectivity index (χ1v) is 4.93. The average Bonchev–Trinajstić information content (AvgIpc) is 2.70. The molecule has 2 heteroatoms. The van der Waals surface area contributed by atoms with Crippen LogP contribution in [-0.2, 0) is 0 Å². The van der Waals surface area contributed by atoms with Crippen molar-refractivity contribution in [2.45, 2.75) is 6.04 Å². The minimum Gasteiger partial charge on any atom is -0.320 e. The van der Waals surface area contributed by atoms with Gasteiger partial charge in [-0.3, -0.25) is 0 Å². The molecule has 0 aromatic rings. The highest BCUT2D eigenvalue weighted by atomic mass is 15.4. The molecule has 0 bridgehead atoms. The van der Waals surface area contributed by atoms with Crippen molar-refractivity contribution in [2.24, 2.45) is 0 Å². The Hall–Kier alpha value is -1.80. The monoisotopic (exact) mass is 198 g/mol. The fourth-order valence-electron chi connectivity index (χ4n) is 1.75. The van der Waals surface area contributed by atoms with Gasteiger partial charge in [0.2, 0.25) is 0 Å². The van der Waals surface area contributed by atoms with E-state index in [-0.39, 0.29) is 6.04 Å². The van der Waals surface area contributed by atoms with Crippen molar-refractivity contribution in [3.05, 3.63) is 72.5 Å². The summed E-state index contributed by atoms with van der Waals surface area (Å²) in [5.41, 5.74) is 9.74. The van der Waals surface area contributed by atoms with Gasteiger partial charge >= 0.3 is 0 Å². The standard InChI is InChI=1S/C13H14N2/c1-3-7-10(4-2)13-11-8-5-6-9-12(11)14-15-13/h3-9,12,14-15H,1-2H2/b10-7+. The first kappa shape index (κ1) is 9.74. The van der Waals surface area contributed by atoms with Crippen molar-refractivity contribution < 1.29 is 0 Å². The number of nitrogens with one attached hydrogen (secondary N) is 2. The minimum atomic E-state index is 0.262. The van der Waals surface area contributed by atoms with Crippen molar-refractivity contribution in [2.75, 3.05) is 0 Å². The third-order valence-corrected chi connectivity index (χ3v) is 2.47. The zero-order valence-corrected chi connectivity index (χ0v) is 8.53. The summed E-state index contributed by atoms with van der Waals surface area (Å²) in [5, 5.41) is 0. The molecular weight excluding hydrogens is 184 g/mol. The summed E-state index contributed by atoms with van der Waals surface area (Å²) in [5.74, 6) is 0. The molecule has 0 saturated carbocycles. The summed E-state index contributed by atoms with van der Waals surface area (Å²) in [6.07, 6.45) is 13.8. The molecule has 0 radical (unpaired) electrons. The van der Waals surface area contributed by atoms with Crippen molar-refractivity contribution in [3.63, 3.8) is 0 Å². The van der Waals surface area contributed by atoms with Crippen LogP contribution in [0.15, 0.2) is 72.5 Å². The number of allylic oxidation sites excluding steroid dienone is 5. The molecule has 0 spiro atoms. The van der Waals surface area contributed by atoms with Crippen LogP contribution in [0.4, 0.5) is 0 Å². The third-order valence-electron chi connectivity index (χ3n) is 2.47. The maximum Gasteiger partial charge on any atom is 0.0714 e. The highest BCUT2D eigenvalue weighted by molar-refractivity contribution is 5.52. The van der Waals surface area contributed by atoms with Crippen LogP contribution in [0.25, 0.3) is 0 Å². The van der Waals surface area contributed by atoms with E-state index in [1.54, 1.807) is 6.08 Å². The van der Waals surface area contributed by atoms with E-state index >= 15 is 0 Å². The van der Waals surface area contributed by atoms with E-state index in [0.717, 1.165) is 11.3 Å². The van der Waals surface area contributed by atoms with Gasteiger partial charge in [0.05, 0.1) is 11.7 Å². The lowest BCUT2D eigenvalue weighted by Crippen LogP contribution is -2.31. The summed E-state index contributed by atoms with van der Waals surface area (Å²) in [4.78, 5) is 0. The predicted molar refractivity (Wildman–Crippen MR) is 63.8 cm³/mol. The molecular formula is C13H14N2. The fourth-order valence-corrected chi connectivity index (χ4v) is 1.75. The van der Waals surface area contributed by atoms with Gasteiger partial charge in [-0.1, -0.05) is 55.7 Å². The summed E-state index contributed by atoms with van der Waals surface area (Å²) >= 11 is 0. The normalized spacial score (nSPS) is 23.7. The summed E-state index contributed by atoms with van der Waals surface area (Å²) in [6, 6.07) is 0.262. The summed E-state index contributed by atoms with van der Waals surface area (Å²) in [6.45, 7) is 7.50. The Labute approximate surface area is 90.0 Å². The number of hydrogen-bond donors (Lipinski definition) is 2. The van der Waals surface area contributed by atoms with Crippen LogP contribution in [-0.4, -0.2) is 6.04 Å². The molecule has 0 amide bonds.